The topological polar surface area (TPSA) is 30.7 Å². The maximum atomic E-state index is 6.08. The van der Waals surface area contributed by atoms with Gasteiger partial charge in [0.05, 0.1) is 5.88 Å². The first-order valence-corrected chi connectivity index (χ1v) is 7.52. The summed E-state index contributed by atoms with van der Waals surface area (Å²) in [6, 6.07) is 4.43. The van der Waals surface area contributed by atoms with Crippen LogP contribution >= 0.6 is 11.6 Å². The van der Waals surface area contributed by atoms with Crippen molar-refractivity contribution in [1.82, 2.24) is 14.5 Å². The first-order chi connectivity index (χ1) is 9.11. The van der Waals surface area contributed by atoms with E-state index in [1.165, 1.54) is 25.7 Å². The lowest BCUT2D eigenvalue weighted by molar-refractivity contribution is 0.184. The number of halogens is 1. The third kappa shape index (κ3) is 2.36. The van der Waals surface area contributed by atoms with Gasteiger partial charge in [-0.3, -0.25) is 0 Å². The fraction of sp³-hybridized carbons (Fsp3) is 0.600. The van der Waals surface area contributed by atoms with Crippen molar-refractivity contribution in [3.8, 4) is 0 Å². The van der Waals surface area contributed by atoms with Crippen LogP contribution in [0.5, 0.6) is 0 Å². The first kappa shape index (κ1) is 12.9. The average Bonchev–Trinajstić information content (AvgIpc) is 2.75. The predicted octanol–water partition coefficient (Wildman–Crippen LogP) is 4.31. The Morgan fingerprint density at radius 2 is 2.32 bits per heavy atom. The van der Waals surface area contributed by atoms with Gasteiger partial charge in [0, 0.05) is 12.2 Å². The Morgan fingerprint density at radius 3 is 3.05 bits per heavy atom. The Kier molecular flexibility index (Phi) is 3.25. The zero-order valence-electron chi connectivity index (χ0n) is 11.6. The summed E-state index contributed by atoms with van der Waals surface area (Å²) in [6.45, 7) is 4.71. The number of alkyl halides is 1. The number of rotatable bonds is 2. The molecule has 0 aromatic carbocycles. The quantitative estimate of drug-likeness (QED) is 0.766. The summed E-state index contributed by atoms with van der Waals surface area (Å²) in [7, 11) is 0. The molecule has 0 bridgehead atoms. The van der Waals surface area contributed by atoms with E-state index in [0.717, 1.165) is 17.0 Å². The van der Waals surface area contributed by atoms with E-state index in [-0.39, 0.29) is 0 Å². The van der Waals surface area contributed by atoms with Gasteiger partial charge in [-0.2, -0.15) is 0 Å². The van der Waals surface area contributed by atoms with Gasteiger partial charge < -0.3 is 4.57 Å². The van der Waals surface area contributed by atoms with Crippen LogP contribution in [0, 0.1) is 5.41 Å². The summed E-state index contributed by atoms with van der Waals surface area (Å²) in [5.41, 5.74) is 2.35. The normalized spacial score (nSPS) is 22.8. The Morgan fingerprint density at radius 1 is 1.47 bits per heavy atom. The van der Waals surface area contributed by atoms with Gasteiger partial charge >= 0.3 is 0 Å². The van der Waals surface area contributed by atoms with E-state index in [1.807, 2.05) is 18.3 Å². The lowest BCUT2D eigenvalue weighted by Gasteiger charge is -2.36. The largest absolute Gasteiger partial charge is 0.309 e. The minimum absolute atomic E-state index is 0.401. The molecule has 0 N–H and O–H groups in total. The molecule has 0 saturated heterocycles. The summed E-state index contributed by atoms with van der Waals surface area (Å²) < 4.78 is 2.28. The molecule has 0 spiro atoms. The Balaban J connectivity index is 2.08. The third-order valence-electron chi connectivity index (χ3n) is 4.19. The highest BCUT2D eigenvalue weighted by Crippen LogP contribution is 2.42. The van der Waals surface area contributed by atoms with Gasteiger partial charge in [-0.05, 0) is 36.8 Å². The van der Waals surface area contributed by atoms with Crippen molar-refractivity contribution in [2.75, 3.05) is 0 Å². The number of nitrogens with zero attached hydrogens (tertiary/aromatic N) is 3. The summed E-state index contributed by atoms with van der Waals surface area (Å²) in [4.78, 5) is 9.14. The molecule has 2 aromatic heterocycles. The van der Waals surface area contributed by atoms with Gasteiger partial charge in [0.1, 0.15) is 11.3 Å². The van der Waals surface area contributed by atoms with Crippen molar-refractivity contribution in [3.05, 3.63) is 24.2 Å². The van der Waals surface area contributed by atoms with Crippen LogP contribution in [-0.4, -0.2) is 14.5 Å². The molecule has 0 amide bonds. The molecule has 2 heterocycles. The number of aromatic nitrogens is 3. The molecule has 1 fully saturated rings. The Bertz CT molecular complexity index is 588. The molecule has 3 nitrogen and oxygen atoms in total. The standard InChI is InChI=1S/C15H20ClN3/c1-15(2)7-3-5-11(9-15)19-13(10-16)18-12-6-4-8-17-14(12)19/h4,6,8,11H,3,5,7,9-10H2,1-2H3. The van der Waals surface area contributed by atoms with Crippen LogP contribution in [0.25, 0.3) is 11.2 Å². The molecule has 1 aliphatic carbocycles. The summed E-state index contributed by atoms with van der Waals surface area (Å²) in [5.74, 6) is 1.41. The van der Waals surface area contributed by atoms with Gasteiger partial charge in [0.15, 0.2) is 5.65 Å². The number of hydrogen-bond acceptors (Lipinski definition) is 2. The molecule has 102 valence electrons. The average molecular weight is 278 g/mol. The molecule has 3 rings (SSSR count). The molecular weight excluding hydrogens is 258 g/mol. The monoisotopic (exact) mass is 277 g/mol. The van der Waals surface area contributed by atoms with Crippen LogP contribution < -0.4 is 0 Å². The smallest absolute Gasteiger partial charge is 0.160 e. The number of imidazole rings is 1. The fourth-order valence-electron chi connectivity index (χ4n) is 3.33. The van der Waals surface area contributed by atoms with Gasteiger partial charge in [-0.15, -0.1) is 11.6 Å². The minimum Gasteiger partial charge on any atom is -0.309 e. The van der Waals surface area contributed by atoms with Crippen molar-refractivity contribution in [2.24, 2.45) is 5.41 Å². The second-order valence-corrected chi connectivity index (χ2v) is 6.56. The molecule has 4 heteroatoms. The van der Waals surface area contributed by atoms with Crippen LogP contribution in [0.3, 0.4) is 0 Å². The highest BCUT2D eigenvalue weighted by molar-refractivity contribution is 6.16. The fourth-order valence-corrected chi connectivity index (χ4v) is 3.52. The lowest BCUT2D eigenvalue weighted by Crippen LogP contribution is -2.26. The van der Waals surface area contributed by atoms with Crippen molar-refractivity contribution in [3.63, 3.8) is 0 Å². The number of hydrogen-bond donors (Lipinski definition) is 0. The first-order valence-electron chi connectivity index (χ1n) is 6.98. The Labute approximate surface area is 119 Å². The van der Waals surface area contributed by atoms with E-state index in [2.05, 4.69) is 28.4 Å². The second-order valence-electron chi connectivity index (χ2n) is 6.29. The molecule has 19 heavy (non-hydrogen) atoms. The van der Waals surface area contributed by atoms with Crippen molar-refractivity contribution < 1.29 is 0 Å². The van der Waals surface area contributed by atoms with E-state index in [0.29, 0.717) is 17.3 Å². The third-order valence-corrected chi connectivity index (χ3v) is 4.42. The van der Waals surface area contributed by atoms with Crippen LogP contribution in [0.4, 0.5) is 0 Å². The second kappa shape index (κ2) is 4.78. The van der Waals surface area contributed by atoms with E-state index >= 15 is 0 Å². The van der Waals surface area contributed by atoms with Gasteiger partial charge in [0.25, 0.3) is 0 Å². The number of fused-ring (bicyclic) bond motifs is 1. The van der Waals surface area contributed by atoms with E-state index in [9.17, 15) is 0 Å². The van der Waals surface area contributed by atoms with Crippen molar-refractivity contribution in [2.45, 2.75) is 51.5 Å². The molecule has 0 radical (unpaired) electrons. The lowest BCUT2D eigenvalue weighted by atomic mass is 9.75. The van der Waals surface area contributed by atoms with Crippen molar-refractivity contribution >= 4 is 22.8 Å². The molecule has 2 aromatic rings. The SMILES string of the molecule is CC1(C)CCCC(n2c(CCl)nc3cccnc32)C1. The highest BCUT2D eigenvalue weighted by atomic mass is 35.5. The summed E-state index contributed by atoms with van der Waals surface area (Å²) in [6.07, 6.45) is 6.80. The van der Waals surface area contributed by atoms with E-state index in [4.69, 9.17) is 11.6 Å². The summed E-state index contributed by atoms with van der Waals surface area (Å²) in [5, 5.41) is 0. The van der Waals surface area contributed by atoms with E-state index < -0.39 is 0 Å². The van der Waals surface area contributed by atoms with Gasteiger partial charge in [0.2, 0.25) is 0 Å². The van der Waals surface area contributed by atoms with Crippen LogP contribution in [0.1, 0.15) is 51.4 Å². The zero-order valence-corrected chi connectivity index (χ0v) is 12.3. The molecule has 1 saturated carbocycles. The highest BCUT2D eigenvalue weighted by Gasteiger charge is 2.31. The minimum atomic E-state index is 0.401. The van der Waals surface area contributed by atoms with Crippen LogP contribution in [-0.2, 0) is 5.88 Å². The van der Waals surface area contributed by atoms with Crippen LogP contribution in [0.2, 0.25) is 0 Å². The van der Waals surface area contributed by atoms with Gasteiger partial charge in [-0.25, -0.2) is 9.97 Å². The maximum absolute atomic E-state index is 6.08. The molecule has 1 unspecified atom stereocenters. The van der Waals surface area contributed by atoms with Gasteiger partial charge in [-0.1, -0.05) is 20.3 Å². The molecular formula is C15H20ClN3. The predicted molar refractivity (Wildman–Crippen MR) is 78.4 cm³/mol. The van der Waals surface area contributed by atoms with Crippen LogP contribution in [0.15, 0.2) is 18.3 Å². The molecule has 1 atom stereocenters. The van der Waals surface area contributed by atoms with Crippen molar-refractivity contribution in [1.29, 1.82) is 0 Å². The van der Waals surface area contributed by atoms with E-state index in [1.54, 1.807) is 0 Å². The molecule has 0 aliphatic heterocycles. The zero-order chi connectivity index (χ0) is 13.5. The molecule has 1 aliphatic rings. The number of pyridine rings is 1. The maximum Gasteiger partial charge on any atom is 0.160 e. The Hall–Kier alpha value is -1.09. The summed E-state index contributed by atoms with van der Waals surface area (Å²) >= 11 is 6.08.